The van der Waals surface area contributed by atoms with Crippen molar-refractivity contribution in [3.63, 3.8) is 0 Å². The molecule has 1 aliphatic rings. The van der Waals surface area contributed by atoms with Crippen LogP contribution in [0.25, 0.3) is 0 Å². The highest BCUT2D eigenvalue weighted by Crippen LogP contribution is 2.07. The third-order valence-electron chi connectivity index (χ3n) is 5.77. The molecule has 0 radical (unpaired) electrons. The molecule has 0 aliphatic carbocycles. The Morgan fingerprint density at radius 3 is 2.52 bits per heavy atom. The highest BCUT2D eigenvalue weighted by molar-refractivity contribution is 5.92. The summed E-state index contributed by atoms with van der Waals surface area (Å²) >= 11 is 0. The zero-order valence-corrected chi connectivity index (χ0v) is 18.5. The van der Waals surface area contributed by atoms with Gasteiger partial charge in [0.2, 0.25) is 5.91 Å². The van der Waals surface area contributed by atoms with Gasteiger partial charge in [-0.2, -0.15) is 0 Å². The van der Waals surface area contributed by atoms with E-state index in [1.807, 2.05) is 37.3 Å². The molecule has 1 aromatic carbocycles. The molecule has 1 aliphatic heterocycles. The molecule has 0 unspecified atom stereocenters. The summed E-state index contributed by atoms with van der Waals surface area (Å²) in [6.45, 7) is 6.80. The number of likely N-dealkylation sites (tertiary alicyclic amines) is 1. The number of nitrogens with zero attached hydrogens (tertiary/aromatic N) is 3. The second kappa shape index (κ2) is 12.2. The van der Waals surface area contributed by atoms with E-state index < -0.39 is 0 Å². The molecule has 3 rings (SSSR count). The number of rotatable bonds is 10. The van der Waals surface area contributed by atoms with Gasteiger partial charge in [0.25, 0.3) is 5.91 Å². The molecule has 1 saturated heterocycles. The molecule has 2 aromatic rings. The molecular weight excluding hydrogens is 390 g/mol. The Labute approximate surface area is 184 Å². The number of aromatic nitrogens is 2. The van der Waals surface area contributed by atoms with Crippen molar-refractivity contribution in [1.29, 1.82) is 0 Å². The molecule has 0 spiro atoms. The van der Waals surface area contributed by atoms with Crippen molar-refractivity contribution in [3.8, 4) is 0 Å². The minimum Gasteiger partial charge on any atom is -0.350 e. The molecule has 31 heavy (non-hydrogen) atoms. The zero-order valence-electron chi connectivity index (χ0n) is 18.5. The highest BCUT2D eigenvalue weighted by Gasteiger charge is 2.19. The molecule has 0 atom stereocenters. The smallest absolute Gasteiger partial charge is 0.274 e. The van der Waals surface area contributed by atoms with Crippen LogP contribution in [0, 0.1) is 6.92 Å². The maximum absolute atomic E-state index is 13.0. The number of amides is 2. The second-order valence-corrected chi connectivity index (χ2v) is 8.23. The topological polar surface area (TPSA) is 79.6 Å². The first kappa shape index (κ1) is 22.9. The van der Waals surface area contributed by atoms with Crippen LogP contribution >= 0.6 is 0 Å². The number of benzene rings is 1. The fourth-order valence-electron chi connectivity index (χ4n) is 3.89. The number of aryl methyl sites for hydroxylation is 1. The van der Waals surface area contributed by atoms with Crippen molar-refractivity contribution in [2.75, 3.05) is 39.3 Å². The third-order valence-corrected chi connectivity index (χ3v) is 5.77. The van der Waals surface area contributed by atoms with E-state index in [0.717, 1.165) is 24.2 Å². The van der Waals surface area contributed by atoms with Crippen LogP contribution in [0.1, 0.15) is 47.4 Å². The lowest BCUT2D eigenvalue weighted by Gasteiger charge is -2.24. The molecule has 2 heterocycles. The third kappa shape index (κ3) is 7.75. The Balaban J connectivity index is 1.51. The van der Waals surface area contributed by atoms with Crippen LogP contribution in [0.3, 0.4) is 0 Å². The van der Waals surface area contributed by atoms with Gasteiger partial charge in [0.05, 0.1) is 38.1 Å². The van der Waals surface area contributed by atoms with Crippen molar-refractivity contribution in [2.45, 2.75) is 39.0 Å². The fourth-order valence-corrected chi connectivity index (χ4v) is 3.89. The van der Waals surface area contributed by atoms with Crippen LogP contribution in [0.5, 0.6) is 0 Å². The summed E-state index contributed by atoms with van der Waals surface area (Å²) in [5, 5.41) is 3.02. The van der Waals surface area contributed by atoms with Crippen molar-refractivity contribution < 1.29 is 14.5 Å². The quantitative estimate of drug-likeness (QED) is 0.597. The summed E-state index contributed by atoms with van der Waals surface area (Å²) in [7, 11) is 0. The van der Waals surface area contributed by atoms with E-state index in [9.17, 15) is 9.59 Å². The lowest BCUT2D eigenvalue weighted by atomic mass is 10.1. The van der Waals surface area contributed by atoms with Crippen LogP contribution in [-0.2, 0) is 11.2 Å². The van der Waals surface area contributed by atoms with E-state index in [1.54, 1.807) is 16.0 Å². The first-order chi connectivity index (χ1) is 15.1. The average Bonchev–Trinajstić information content (AvgIpc) is 2.80. The SMILES string of the molecule is Cc1cnc(C(=O)N(CCC(=O)NCC[NH+]2CCCCC2)CCc2ccccc2)cn1. The highest BCUT2D eigenvalue weighted by atomic mass is 16.2. The molecule has 166 valence electrons. The van der Waals surface area contributed by atoms with Crippen LogP contribution in [-0.4, -0.2) is 66.0 Å². The molecule has 7 heteroatoms. The molecule has 2 N–H and O–H groups in total. The molecule has 1 fully saturated rings. The van der Waals surface area contributed by atoms with Gasteiger partial charge in [0.15, 0.2) is 0 Å². The second-order valence-electron chi connectivity index (χ2n) is 8.23. The summed E-state index contributed by atoms with van der Waals surface area (Å²) in [6.07, 6.45) is 8.01. The van der Waals surface area contributed by atoms with Crippen LogP contribution in [0.2, 0.25) is 0 Å². The predicted octanol–water partition coefficient (Wildman–Crippen LogP) is 1.05. The summed E-state index contributed by atoms with van der Waals surface area (Å²) in [4.78, 5) is 37.1. The number of piperidine rings is 1. The van der Waals surface area contributed by atoms with Gasteiger partial charge in [0.1, 0.15) is 5.69 Å². The number of carbonyl (C=O) groups excluding carboxylic acids is 2. The molecular formula is C24H34N5O2+. The summed E-state index contributed by atoms with van der Waals surface area (Å²) in [6, 6.07) is 10.0. The number of hydrogen-bond acceptors (Lipinski definition) is 4. The van der Waals surface area contributed by atoms with Crippen molar-refractivity contribution in [3.05, 3.63) is 59.7 Å². The van der Waals surface area contributed by atoms with Gasteiger partial charge < -0.3 is 15.1 Å². The Morgan fingerprint density at radius 1 is 1.03 bits per heavy atom. The first-order valence-corrected chi connectivity index (χ1v) is 11.3. The Morgan fingerprint density at radius 2 is 1.81 bits per heavy atom. The summed E-state index contributed by atoms with van der Waals surface area (Å²) in [5.74, 6) is -0.196. The first-order valence-electron chi connectivity index (χ1n) is 11.3. The van der Waals surface area contributed by atoms with E-state index in [1.165, 1.54) is 38.5 Å². The van der Waals surface area contributed by atoms with Crippen molar-refractivity contribution in [1.82, 2.24) is 20.2 Å². The van der Waals surface area contributed by atoms with Gasteiger partial charge in [-0.1, -0.05) is 30.3 Å². The average molecular weight is 425 g/mol. The van der Waals surface area contributed by atoms with Crippen LogP contribution in [0.15, 0.2) is 42.7 Å². The van der Waals surface area contributed by atoms with E-state index in [-0.39, 0.29) is 18.2 Å². The Hall–Kier alpha value is -2.80. The van der Waals surface area contributed by atoms with Gasteiger partial charge in [-0.3, -0.25) is 14.6 Å². The van der Waals surface area contributed by atoms with Crippen LogP contribution in [0.4, 0.5) is 0 Å². The van der Waals surface area contributed by atoms with E-state index in [0.29, 0.717) is 25.3 Å². The zero-order chi connectivity index (χ0) is 21.9. The van der Waals surface area contributed by atoms with E-state index >= 15 is 0 Å². The number of quaternary nitrogens is 1. The Kier molecular flexibility index (Phi) is 8.97. The largest absolute Gasteiger partial charge is 0.350 e. The van der Waals surface area contributed by atoms with Gasteiger partial charge in [0, 0.05) is 25.7 Å². The number of nitrogens with one attached hydrogen (secondary N) is 2. The number of hydrogen-bond donors (Lipinski definition) is 2. The normalized spacial score (nSPS) is 14.2. The minimum absolute atomic E-state index is 0.0103. The molecule has 0 saturated carbocycles. The van der Waals surface area contributed by atoms with Gasteiger partial charge in [-0.05, 0) is 38.2 Å². The molecule has 7 nitrogen and oxygen atoms in total. The van der Waals surface area contributed by atoms with Gasteiger partial charge in [-0.25, -0.2) is 4.98 Å². The van der Waals surface area contributed by atoms with Crippen molar-refractivity contribution in [2.24, 2.45) is 0 Å². The Bertz CT molecular complexity index is 820. The van der Waals surface area contributed by atoms with Gasteiger partial charge in [-0.15, -0.1) is 0 Å². The standard InChI is InChI=1S/C24H33N5O2/c1-20-18-27-22(19-26-20)24(31)29(15-10-21-8-4-2-5-9-21)16-11-23(30)25-12-17-28-13-6-3-7-14-28/h2,4-5,8-9,18-19H,3,6-7,10-17H2,1H3,(H,25,30)/p+1. The lowest BCUT2D eigenvalue weighted by Crippen LogP contribution is -3.13. The maximum atomic E-state index is 13.0. The number of carbonyl (C=O) groups is 2. The molecule has 1 aromatic heterocycles. The minimum atomic E-state index is -0.186. The van der Waals surface area contributed by atoms with Crippen LogP contribution < -0.4 is 10.2 Å². The molecule has 0 bridgehead atoms. The van der Waals surface area contributed by atoms with Gasteiger partial charge >= 0.3 is 0 Å². The summed E-state index contributed by atoms with van der Waals surface area (Å²) in [5.41, 5.74) is 2.24. The van der Waals surface area contributed by atoms with E-state index in [2.05, 4.69) is 15.3 Å². The maximum Gasteiger partial charge on any atom is 0.274 e. The van der Waals surface area contributed by atoms with Crippen molar-refractivity contribution >= 4 is 11.8 Å². The summed E-state index contributed by atoms with van der Waals surface area (Å²) < 4.78 is 0. The lowest BCUT2D eigenvalue weighted by molar-refractivity contribution is -0.903. The fraction of sp³-hybridized carbons (Fsp3) is 0.500. The van der Waals surface area contributed by atoms with E-state index in [4.69, 9.17) is 0 Å². The predicted molar refractivity (Wildman–Crippen MR) is 120 cm³/mol. The molecule has 2 amide bonds. The monoisotopic (exact) mass is 424 g/mol.